The van der Waals surface area contributed by atoms with Crippen LogP contribution in [0.3, 0.4) is 0 Å². The zero-order valence-corrected chi connectivity index (χ0v) is 15.8. The van der Waals surface area contributed by atoms with Gasteiger partial charge in [-0.1, -0.05) is 36.8 Å². The first-order valence-corrected chi connectivity index (χ1v) is 9.85. The number of carbonyl (C=O) groups excluding carboxylic acids is 1. The summed E-state index contributed by atoms with van der Waals surface area (Å²) in [7, 11) is 1.69. The SMILES string of the molecule is CNC(=O)c1cccc(C)c1-c1ccc2c(c1)CCN(C1CCC1)CC2. The van der Waals surface area contributed by atoms with Gasteiger partial charge >= 0.3 is 0 Å². The average Bonchev–Trinajstić information content (AvgIpc) is 2.82. The molecule has 2 aliphatic rings. The van der Waals surface area contributed by atoms with Crippen LogP contribution in [0.25, 0.3) is 11.1 Å². The summed E-state index contributed by atoms with van der Waals surface area (Å²) in [6.07, 6.45) is 6.40. The lowest BCUT2D eigenvalue weighted by molar-refractivity contribution is 0.0963. The van der Waals surface area contributed by atoms with E-state index < -0.39 is 0 Å². The third-order valence-corrected chi connectivity index (χ3v) is 6.17. The summed E-state index contributed by atoms with van der Waals surface area (Å²) in [5.41, 5.74) is 7.07. The summed E-state index contributed by atoms with van der Waals surface area (Å²) >= 11 is 0. The van der Waals surface area contributed by atoms with Gasteiger partial charge in [0.1, 0.15) is 0 Å². The lowest BCUT2D eigenvalue weighted by atomic mass is 9.91. The van der Waals surface area contributed by atoms with Crippen molar-refractivity contribution in [2.45, 2.75) is 45.1 Å². The molecule has 26 heavy (non-hydrogen) atoms. The molecule has 0 atom stereocenters. The Balaban J connectivity index is 1.67. The van der Waals surface area contributed by atoms with Crippen molar-refractivity contribution in [2.24, 2.45) is 0 Å². The summed E-state index contributed by atoms with van der Waals surface area (Å²) in [6.45, 7) is 4.44. The van der Waals surface area contributed by atoms with Crippen molar-refractivity contribution in [3.63, 3.8) is 0 Å². The molecule has 0 saturated heterocycles. The number of hydrogen-bond acceptors (Lipinski definition) is 2. The molecule has 0 bridgehead atoms. The molecule has 1 fully saturated rings. The van der Waals surface area contributed by atoms with E-state index in [-0.39, 0.29) is 5.91 Å². The van der Waals surface area contributed by atoms with Crippen LogP contribution in [0, 0.1) is 6.92 Å². The molecular formula is C23H28N2O. The van der Waals surface area contributed by atoms with Gasteiger partial charge in [0.2, 0.25) is 0 Å². The molecule has 3 nitrogen and oxygen atoms in total. The monoisotopic (exact) mass is 348 g/mol. The van der Waals surface area contributed by atoms with Crippen molar-refractivity contribution >= 4 is 5.91 Å². The number of nitrogens with one attached hydrogen (secondary N) is 1. The second-order valence-electron chi connectivity index (χ2n) is 7.68. The maximum Gasteiger partial charge on any atom is 0.251 e. The second-order valence-corrected chi connectivity index (χ2v) is 7.68. The third kappa shape index (κ3) is 3.16. The minimum absolute atomic E-state index is 0.0187. The Morgan fingerprint density at radius 3 is 2.54 bits per heavy atom. The van der Waals surface area contributed by atoms with Gasteiger partial charge in [-0.15, -0.1) is 0 Å². The quantitative estimate of drug-likeness (QED) is 0.910. The van der Waals surface area contributed by atoms with Crippen LogP contribution in [0.1, 0.15) is 46.3 Å². The molecule has 1 amide bonds. The Labute approximate surface area is 156 Å². The van der Waals surface area contributed by atoms with Crippen LogP contribution in [-0.4, -0.2) is 37.0 Å². The highest BCUT2D eigenvalue weighted by Gasteiger charge is 2.26. The first-order chi connectivity index (χ1) is 12.7. The number of benzene rings is 2. The van der Waals surface area contributed by atoms with E-state index in [1.807, 2.05) is 12.1 Å². The summed E-state index contributed by atoms with van der Waals surface area (Å²) in [5, 5.41) is 2.78. The van der Waals surface area contributed by atoms with Crippen LogP contribution in [0.5, 0.6) is 0 Å². The fraction of sp³-hybridized carbons (Fsp3) is 0.435. The van der Waals surface area contributed by atoms with E-state index in [0.717, 1.165) is 47.7 Å². The fourth-order valence-electron chi connectivity index (χ4n) is 4.39. The summed E-state index contributed by atoms with van der Waals surface area (Å²) < 4.78 is 0. The van der Waals surface area contributed by atoms with Gasteiger partial charge in [-0.3, -0.25) is 9.69 Å². The van der Waals surface area contributed by atoms with Crippen molar-refractivity contribution in [2.75, 3.05) is 20.1 Å². The van der Waals surface area contributed by atoms with E-state index in [1.165, 1.54) is 36.9 Å². The standard InChI is InChI=1S/C23H28N2O/c1-16-5-3-8-21(23(26)24-2)22(16)19-10-9-17-11-13-25(20-6-4-7-20)14-12-18(17)15-19/h3,5,8-10,15,20H,4,6-7,11-14H2,1-2H3,(H,24,26). The van der Waals surface area contributed by atoms with Crippen molar-refractivity contribution in [3.8, 4) is 11.1 Å². The van der Waals surface area contributed by atoms with E-state index >= 15 is 0 Å². The zero-order chi connectivity index (χ0) is 18.1. The van der Waals surface area contributed by atoms with Crippen molar-refractivity contribution in [1.82, 2.24) is 10.2 Å². The predicted molar refractivity (Wildman–Crippen MR) is 107 cm³/mol. The van der Waals surface area contributed by atoms with Gasteiger partial charge in [-0.25, -0.2) is 0 Å². The van der Waals surface area contributed by atoms with Gasteiger partial charge in [0.15, 0.2) is 0 Å². The lowest BCUT2D eigenvalue weighted by Crippen LogP contribution is -2.41. The maximum atomic E-state index is 12.3. The van der Waals surface area contributed by atoms with Gasteiger partial charge in [0, 0.05) is 31.7 Å². The molecule has 136 valence electrons. The molecule has 1 heterocycles. The molecule has 1 aliphatic heterocycles. The van der Waals surface area contributed by atoms with Crippen LogP contribution in [0.4, 0.5) is 0 Å². The van der Waals surface area contributed by atoms with Crippen LogP contribution in [0.2, 0.25) is 0 Å². The smallest absolute Gasteiger partial charge is 0.251 e. The number of aryl methyl sites for hydroxylation is 1. The fourth-order valence-corrected chi connectivity index (χ4v) is 4.39. The number of amides is 1. The van der Waals surface area contributed by atoms with Crippen molar-refractivity contribution in [3.05, 3.63) is 58.7 Å². The molecule has 0 radical (unpaired) electrons. The van der Waals surface area contributed by atoms with Crippen molar-refractivity contribution in [1.29, 1.82) is 0 Å². The lowest BCUT2D eigenvalue weighted by Gasteiger charge is -2.36. The van der Waals surface area contributed by atoms with E-state index in [9.17, 15) is 4.79 Å². The summed E-state index contributed by atoms with van der Waals surface area (Å²) in [6, 6.07) is 13.6. The van der Waals surface area contributed by atoms with Gasteiger partial charge in [0.05, 0.1) is 0 Å². The van der Waals surface area contributed by atoms with Crippen LogP contribution < -0.4 is 5.32 Å². The van der Waals surface area contributed by atoms with Crippen molar-refractivity contribution < 1.29 is 4.79 Å². The number of nitrogens with zero attached hydrogens (tertiary/aromatic N) is 1. The van der Waals surface area contributed by atoms with Gasteiger partial charge in [-0.05, 0) is 66.5 Å². The van der Waals surface area contributed by atoms with E-state index in [1.54, 1.807) is 7.05 Å². The molecule has 0 unspecified atom stereocenters. The van der Waals surface area contributed by atoms with Gasteiger partial charge in [0.25, 0.3) is 5.91 Å². The minimum Gasteiger partial charge on any atom is -0.355 e. The largest absolute Gasteiger partial charge is 0.355 e. The van der Waals surface area contributed by atoms with Gasteiger partial charge in [-0.2, -0.15) is 0 Å². The Bertz CT molecular complexity index is 823. The van der Waals surface area contributed by atoms with Crippen LogP contribution in [-0.2, 0) is 12.8 Å². The Morgan fingerprint density at radius 1 is 1.08 bits per heavy atom. The predicted octanol–water partition coefficient (Wildman–Crippen LogP) is 3.97. The molecule has 4 rings (SSSR count). The Kier molecular flexibility index (Phi) is 4.82. The van der Waals surface area contributed by atoms with E-state index in [0.29, 0.717) is 0 Å². The first kappa shape index (κ1) is 17.3. The molecule has 1 aliphatic carbocycles. The first-order valence-electron chi connectivity index (χ1n) is 9.85. The number of carbonyl (C=O) groups is 1. The maximum absolute atomic E-state index is 12.3. The topological polar surface area (TPSA) is 32.3 Å². The normalized spacial score (nSPS) is 17.9. The highest BCUT2D eigenvalue weighted by atomic mass is 16.1. The molecule has 3 heteroatoms. The average molecular weight is 348 g/mol. The van der Waals surface area contributed by atoms with Crippen LogP contribution in [0.15, 0.2) is 36.4 Å². The molecule has 0 spiro atoms. The molecule has 2 aromatic rings. The Hall–Kier alpha value is -2.13. The molecule has 1 saturated carbocycles. The molecule has 0 aromatic heterocycles. The summed E-state index contributed by atoms with van der Waals surface area (Å²) in [4.78, 5) is 15.0. The van der Waals surface area contributed by atoms with Gasteiger partial charge < -0.3 is 5.32 Å². The highest BCUT2D eigenvalue weighted by molar-refractivity contribution is 6.01. The van der Waals surface area contributed by atoms with E-state index in [4.69, 9.17) is 0 Å². The molecule has 1 N–H and O–H groups in total. The molecular weight excluding hydrogens is 320 g/mol. The minimum atomic E-state index is -0.0187. The number of fused-ring (bicyclic) bond motifs is 1. The zero-order valence-electron chi connectivity index (χ0n) is 15.8. The summed E-state index contributed by atoms with van der Waals surface area (Å²) in [5.74, 6) is -0.0187. The number of hydrogen-bond donors (Lipinski definition) is 1. The number of rotatable bonds is 3. The highest BCUT2D eigenvalue weighted by Crippen LogP contribution is 2.32. The molecule has 2 aromatic carbocycles. The Morgan fingerprint density at radius 2 is 1.85 bits per heavy atom. The van der Waals surface area contributed by atoms with E-state index in [2.05, 4.69) is 41.4 Å². The third-order valence-electron chi connectivity index (χ3n) is 6.17. The second kappa shape index (κ2) is 7.24. The van der Waals surface area contributed by atoms with Crippen LogP contribution >= 0.6 is 0 Å².